The third-order valence-corrected chi connectivity index (χ3v) is 6.31. The summed E-state index contributed by atoms with van der Waals surface area (Å²) < 4.78 is 0. The fourth-order valence-electron chi connectivity index (χ4n) is 4.26. The van der Waals surface area contributed by atoms with E-state index in [1.807, 2.05) is 19.2 Å². The normalized spacial score (nSPS) is 18.8. The van der Waals surface area contributed by atoms with Crippen LogP contribution in [0, 0.1) is 0 Å². The van der Waals surface area contributed by atoms with Gasteiger partial charge in [0.15, 0.2) is 0 Å². The van der Waals surface area contributed by atoms with Crippen molar-refractivity contribution >= 4 is 23.1 Å². The lowest BCUT2D eigenvalue weighted by Gasteiger charge is -2.46. The van der Waals surface area contributed by atoms with Gasteiger partial charge in [0.25, 0.3) is 0 Å². The van der Waals surface area contributed by atoms with Crippen LogP contribution in [-0.2, 0) is 11.2 Å². The molecule has 152 valence electrons. The van der Waals surface area contributed by atoms with E-state index < -0.39 is 0 Å². The summed E-state index contributed by atoms with van der Waals surface area (Å²) in [6, 6.07) is 6.49. The number of carbonyl (C=O) groups excluding carboxylic acids is 1. The Labute approximate surface area is 172 Å². The number of rotatable bonds is 7. The number of carbonyl (C=O) groups is 1. The smallest absolute Gasteiger partial charge is 0.223 e. The van der Waals surface area contributed by atoms with Gasteiger partial charge in [-0.1, -0.05) is 6.92 Å². The highest BCUT2D eigenvalue weighted by Crippen LogP contribution is 2.31. The highest BCUT2D eigenvalue weighted by Gasteiger charge is 2.37. The van der Waals surface area contributed by atoms with Crippen molar-refractivity contribution in [2.75, 3.05) is 5.32 Å². The molecule has 0 radical (unpaired) electrons. The van der Waals surface area contributed by atoms with Gasteiger partial charge in [-0.3, -0.25) is 4.79 Å². The minimum absolute atomic E-state index is 0.0790. The molecule has 1 aliphatic heterocycles. The lowest BCUT2D eigenvalue weighted by molar-refractivity contribution is -0.118. The van der Waals surface area contributed by atoms with Gasteiger partial charge >= 0.3 is 0 Å². The molecule has 0 bridgehead atoms. The maximum atomic E-state index is 11.6. The van der Waals surface area contributed by atoms with Crippen LogP contribution in [0.4, 0.5) is 5.95 Å². The first-order valence-corrected chi connectivity index (χ1v) is 11.0. The standard InChI is InChI=1S/C22H32N4OS/c1-6-16(27)7-8-17-9-10-19(28-17)18-11-12-23-20(25-18)24-15-13-21(2,3)26-22(4,5)14-15/h9-12,15,26H,6-8,13-14H2,1-5H3,(H,23,24,25). The van der Waals surface area contributed by atoms with Crippen LogP contribution in [0.25, 0.3) is 10.6 Å². The van der Waals surface area contributed by atoms with Crippen molar-refractivity contribution in [3.05, 3.63) is 29.3 Å². The minimum atomic E-state index is 0.0790. The highest BCUT2D eigenvalue weighted by molar-refractivity contribution is 7.15. The Morgan fingerprint density at radius 1 is 1.21 bits per heavy atom. The van der Waals surface area contributed by atoms with Crippen LogP contribution in [0.15, 0.2) is 24.4 Å². The Morgan fingerprint density at radius 2 is 1.93 bits per heavy atom. The fourth-order valence-corrected chi connectivity index (χ4v) is 5.24. The van der Waals surface area contributed by atoms with Gasteiger partial charge in [-0.2, -0.15) is 0 Å². The van der Waals surface area contributed by atoms with Gasteiger partial charge in [-0.25, -0.2) is 9.97 Å². The quantitative estimate of drug-likeness (QED) is 0.696. The highest BCUT2D eigenvalue weighted by atomic mass is 32.1. The number of ketones is 1. The Kier molecular flexibility index (Phi) is 6.20. The molecule has 0 atom stereocenters. The molecule has 0 aliphatic carbocycles. The van der Waals surface area contributed by atoms with Gasteiger partial charge in [0.05, 0.1) is 10.6 Å². The molecule has 0 amide bonds. The number of anilines is 1. The van der Waals surface area contributed by atoms with Crippen molar-refractivity contribution in [3.63, 3.8) is 0 Å². The molecule has 0 spiro atoms. The zero-order valence-corrected chi connectivity index (χ0v) is 18.4. The van der Waals surface area contributed by atoms with Crippen molar-refractivity contribution in [2.24, 2.45) is 0 Å². The lowest BCUT2D eigenvalue weighted by atomic mass is 9.80. The van der Waals surface area contributed by atoms with Gasteiger partial charge in [0, 0.05) is 41.0 Å². The fraction of sp³-hybridized carbons (Fsp3) is 0.591. The molecule has 5 nitrogen and oxygen atoms in total. The Hall–Kier alpha value is -1.79. The number of aryl methyl sites for hydroxylation is 1. The topological polar surface area (TPSA) is 66.9 Å². The van der Waals surface area contributed by atoms with Crippen LogP contribution in [0.5, 0.6) is 0 Å². The number of hydrogen-bond donors (Lipinski definition) is 2. The van der Waals surface area contributed by atoms with E-state index in [9.17, 15) is 4.79 Å². The van der Waals surface area contributed by atoms with Crippen molar-refractivity contribution < 1.29 is 4.79 Å². The molecule has 1 aliphatic rings. The molecule has 1 saturated heterocycles. The van der Waals surface area contributed by atoms with E-state index in [0.29, 0.717) is 30.6 Å². The zero-order valence-electron chi connectivity index (χ0n) is 17.6. The average molecular weight is 401 g/mol. The number of thiophene rings is 1. The van der Waals surface area contributed by atoms with Crippen molar-refractivity contribution in [1.29, 1.82) is 0 Å². The van der Waals surface area contributed by atoms with E-state index in [2.05, 4.69) is 55.4 Å². The molecule has 0 unspecified atom stereocenters. The first-order valence-electron chi connectivity index (χ1n) is 10.2. The number of piperidine rings is 1. The monoisotopic (exact) mass is 400 g/mol. The van der Waals surface area contributed by atoms with Gasteiger partial charge in [-0.15, -0.1) is 11.3 Å². The second kappa shape index (κ2) is 8.29. The molecule has 6 heteroatoms. The Balaban J connectivity index is 1.69. The molecule has 3 heterocycles. The molecule has 2 aromatic rings. The van der Waals surface area contributed by atoms with Crippen molar-refractivity contribution in [1.82, 2.24) is 15.3 Å². The third-order valence-electron chi connectivity index (χ3n) is 5.14. The molecule has 1 fully saturated rings. The molecule has 2 aromatic heterocycles. The predicted molar refractivity (Wildman–Crippen MR) is 117 cm³/mol. The SMILES string of the molecule is CCC(=O)CCc1ccc(-c2ccnc(NC3CC(C)(C)NC(C)(C)C3)n2)s1. The van der Waals surface area contributed by atoms with Crippen LogP contribution in [0.1, 0.15) is 65.2 Å². The van der Waals surface area contributed by atoms with Crippen molar-refractivity contribution in [3.8, 4) is 10.6 Å². The first kappa shape index (κ1) is 20.9. The lowest BCUT2D eigenvalue weighted by Crippen LogP contribution is -2.60. The maximum Gasteiger partial charge on any atom is 0.223 e. The number of nitrogens with one attached hydrogen (secondary N) is 2. The molecule has 28 heavy (non-hydrogen) atoms. The van der Waals surface area contributed by atoms with E-state index in [1.54, 1.807) is 11.3 Å². The largest absolute Gasteiger partial charge is 0.351 e. The molecule has 0 aromatic carbocycles. The van der Waals surface area contributed by atoms with E-state index >= 15 is 0 Å². The third kappa shape index (κ3) is 5.61. The molecular formula is C22H32N4OS. The summed E-state index contributed by atoms with van der Waals surface area (Å²) in [4.78, 5) is 23.1. The van der Waals surface area contributed by atoms with Gasteiger partial charge in [0.1, 0.15) is 5.78 Å². The second-order valence-corrected chi connectivity index (χ2v) is 10.2. The molecule has 3 rings (SSSR count). The van der Waals surface area contributed by atoms with E-state index in [0.717, 1.165) is 29.8 Å². The summed E-state index contributed by atoms with van der Waals surface area (Å²) in [7, 11) is 0. The number of aromatic nitrogens is 2. The summed E-state index contributed by atoms with van der Waals surface area (Å²) in [5.41, 5.74) is 1.09. The number of hydrogen-bond acceptors (Lipinski definition) is 6. The van der Waals surface area contributed by atoms with Gasteiger partial charge in [-0.05, 0) is 65.2 Å². The van der Waals surface area contributed by atoms with Crippen molar-refractivity contribution in [2.45, 2.75) is 83.8 Å². The zero-order chi connectivity index (χ0) is 20.4. The minimum Gasteiger partial charge on any atom is -0.351 e. The van der Waals surface area contributed by atoms with E-state index in [-0.39, 0.29) is 11.1 Å². The van der Waals surface area contributed by atoms with Crippen LogP contribution in [0.3, 0.4) is 0 Å². The predicted octanol–water partition coefficient (Wildman–Crippen LogP) is 4.84. The van der Waals surface area contributed by atoms with Crippen LogP contribution < -0.4 is 10.6 Å². The first-order chi connectivity index (χ1) is 13.2. The summed E-state index contributed by atoms with van der Waals surface area (Å²) >= 11 is 1.71. The van der Waals surface area contributed by atoms with Crippen LogP contribution in [-0.4, -0.2) is 32.9 Å². The molecular weight excluding hydrogens is 368 g/mol. The van der Waals surface area contributed by atoms with Crippen LogP contribution in [0.2, 0.25) is 0 Å². The summed E-state index contributed by atoms with van der Waals surface area (Å²) in [6.07, 6.45) is 5.92. The Bertz CT molecular complexity index is 811. The van der Waals surface area contributed by atoms with Crippen LogP contribution >= 0.6 is 11.3 Å². The summed E-state index contributed by atoms with van der Waals surface area (Å²) in [5, 5.41) is 7.26. The van der Waals surface area contributed by atoms with Gasteiger partial charge < -0.3 is 10.6 Å². The van der Waals surface area contributed by atoms with E-state index in [1.165, 1.54) is 4.88 Å². The molecule has 0 saturated carbocycles. The van der Waals surface area contributed by atoms with Gasteiger partial charge in [0.2, 0.25) is 5.95 Å². The maximum absolute atomic E-state index is 11.6. The second-order valence-electron chi connectivity index (χ2n) is 9.07. The van der Waals surface area contributed by atoms with E-state index in [4.69, 9.17) is 4.98 Å². The summed E-state index contributed by atoms with van der Waals surface area (Å²) in [5.74, 6) is 1.00. The summed E-state index contributed by atoms with van der Waals surface area (Å²) in [6.45, 7) is 10.9. The number of Topliss-reactive ketones (excluding diaryl/α,β-unsaturated/α-hetero) is 1. The number of nitrogens with zero attached hydrogens (tertiary/aromatic N) is 2. The Morgan fingerprint density at radius 3 is 2.61 bits per heavy atom. The molecule has 2 N–H and O–H groups in total. The average Bonchev–Trinajstić information content (AvgIpc) is 3.06.